The highest BCUT2D eigenvalue weighted by molar-refractivity contribution is 5.75. The second-order valence-electron chi connectivity index (χ2n) is 2.78. The number of hydrogen-bond acceptors (Lipinski definition) is 6. The SMILES string of the molecule is CCOC(=O)C(O)c1cn(CCO)nn1. The van der Waals surface area contributed by atoms with Crippen molar-refractivity contribution in [1.29, 1.82) is 0 Å². The van der Waals surface area contributed by atoms with Crippen molar-refractivity contribution >= 4 is 5.97 Å². The molecule has 7 heteroatoms. The third-order valence-electron chi connectivity index (χ3n) is 1.68. The molecular formula is C8H13N3O4. The van der Waals surface area contributed by atoms with Crippen molar-refractivity contribution in [2.24, 2.45) is 0 Å². The Labute approximate surface area is 86.3 Å². The lowest BCUT2D eigenvalue weighted by Gasteiger charge is -2.05. The number of esters is 1. The molecule has 2 N–H and O–H groups in total. The van der Waals surface area contributed by atoms with Crippen LogP contribution in [0.1, 0.15) is 18.7 Å². The largest absolute Gasteiger partial charge is 0.464 e. The van der Waals surface area contributed by atoms with Gasteiger partial charge in [0.05, 0.1) is 26.0 Å². The van der Waals surface area contributed by atoms with Crippen LogP contribution in [0.15, 0.2) is 6.20 Å². The fourth-order valence-corrected chi connectivity index (χ4v) is 0.992. The molecule has 0 spiro atoms. The van der Waals surface area contributed by atoms with Crippen LogP contribution in [-0.2, 0) is 16.1 Å². The van der Waals surface area contributed by atoms with E-state index in [1.54, 1.807) is 6.92 Å². The number of hydrogen-bond donors (Lipinski definition) is 2. The fraction of sp³-hybridized carbons (Fsp3) is 0.625. The maximum Gasteiger partial charge on any atom is 0.341 e. The summed E-state index contributed by atoms with van der Waals surface area (Å²) >= 11 is 0. The van der Waals surface area contributed by atoms with Gasteiger partial charge >= 0.3 is 5.97 Å². The lowest BCUT2D eigenvalue weighted by Crippen LogP contribution is -2.15. The number of ether oxygens (including phenoxy) is 1. The van der Waals surface area contributed by atoms with E-state index in [1.165, 1.54) is 10.9 Å². The lowest BCUT2D eigenvalue weighted by atomic mass is 10.3. The molecule has 0 saturated carbocycles. The summed E-state index contributed by atoms with van der Waals surface area (Å²) in [6.45, 7) is 2.02. The van der Waals surface area contributed by atoms with Crippen LogP contribution < -0.4 is 0 Å². The second-order valence-corrected chi connectivity index (χ2v) is 2.78. The molecule has 1 rings (SSSR count). The van der Waals surface area contributed by atoms with Gasteiger partial charge in [0, 0.05) is 0 Å². The Hall–Kier alpha value is -1.47. The number of carbonyl (C=O) groups excluding carboxylic acids is 1. The fourth-order valence-electron chi connectivity index (χ4n) is 0.992. The molecule has 84 valence electrons. The van der Waals surface area contributed by atoms with E-state index in [4.69, 9.17) is 5.11 Å². The summed E-state index contributed by atoms with van der Waals surface area (Å²) in [6, 6.07) is 0. The van der Waals surface area contributed by atoms with Crippen molar-refractivity contribution in [3.8, 4) is 0 Å². The molecule has 15 heavy (non-hydrogen) atoms. The zero-order valence-electron chi connectivity index (χ0n) is 8.33. The number of aliphatic hydroxyl groups is 2. The molecule has 7 nitrogen and oxygen atoms in total. The third kappa shape index (κ3) is 3.00. The van der Waals surface area contributed by atoms with Crippen molar-refractivity contribution in [2.75, 3.05) is 13.2 Å². The molecule has 0 fully saturated rings. The van der Waals surface area contributed by atoms with Crippen molar-refractivity contribution in [1.82, 2.24) is 15.0 Å². The summed E-state index contributed by atoms with van der Waals surface area (Å²) in [6.07, 6.45) is -0.0324. The molecule has 0 radical (unpaired) electrons. The monoisotopic (exact) mass is 215 g/mol. The Morgan fingerprint density at radius 2 is 2.47 bits per heavy atom. The van der Waals surface area contributed by atoms with Crippen LogP contribution in [0.4, 0.5) is 0 Å². The summed E-state index contributed by atoms with van der Waals surface area (Å²) in [5.74, 6) is -0.756. The quantitative estimate of drug-likeness (QED) is 0.603. The maximum absolute atomic E-state index is 11.1. The van der Waals surface area contributed by atoms with Gasteiger partial charge in [-0.25, -0.2) is 9.48 Å². The van der Waals surface area contributed by atoms with E-state index in [2.05, 4.69) is 15.0 Å². The first-order valence-corrected chi connectivity index (χ1v) is 4.54. The van der Waals surface area contributed by atoms with Gasteiger partial charge in [-0.3, -0.25) is 0 Å². The van der Waals surface area contributed by atoms with Gasteiger partial charge in [-0.2, -0.15) is 0 Å². The molecular weight excluding hydrogens is 202 g/mol. The Balaban J connectivity index is 2.64. The lowest BCUT2D eigenvalue weighted by molar-refractivity contribution is -0.153. The van der Waals surface area contributed by atoms with Gasteiger partial charge in [-0.1, -0.05) is 5.21 Å². The van der Waals surface area contributed by atoms with Gasteiger partial charge in [0.1, 0.15) is 5.69 Å². The van der Waals surface area contributed by atoms with E-state index in [9.17, 15) is 9.90 Å². The highest BCUT2D eigenvalue weighted by Gasteiger charge is 2.21. The first kappa shape index (κ1) is 11.6. The molecule has 0 bridgehead atoms. The van der Waals surface area contributed by atoms with Crippen molar-refractivity contribution in [2.45, 2.75) is 19.6 Å². The van der Waals surface area contributed by atoms with E-state index in [0.29, 0.717) is 0 Å². The smallest absolute Gasteiger partial charge is 0.341 e. The molecule has 1 aromatic heterocycles. The van der Waals surface area contributed by atoms with E-state index < -0.39 is 12.1 Å². The van der Waals surface area contributed by atoms with E-state index in [-0.39, 0.29) is 25.5 Å². The minimum atomic E-state index is -1.42. The Morgan fingerprint density at radius 1 is 1.73 bits per heavy atom. The van der Waals surface area contributed by atoms with Crippen LogP contribution in [0, 0.1) is 0 Å². The van der Waals surface area contributed by atoms with Gasteiger partial charge in [0.15, 0.2) is 6.10 Å². The molecule has 0 aliphatic heterocycles. The van der Waals surface area contributed by atoms with E-state index in [1.807, 2.05) is 0 Å². The van der Waals surface area contributed by atoms with Crippen LogP contribution >= 0.6 is 0 Å². The Kier molecular flexibility index (Phi) is 4.19. The van der Waals surface area contributed by atoms with Crippen LogP contribution in [-0.4, -0.2) is 44.4 Å². The number of carbonyl (C=O) groups is 1. The summed E-state index contributed by atoms with van der Waals surface area (Å²) in [5, 5.41) is 25.3. The summed E-state index contributed by atoms with van der Waals surface area (Å²) in [7, 11) is 0. The predicted molar refractivity (Wildman–Crippen MR) is 48.7 cm³/mol. The zero-order valence-corrected chi connectivity index (χ0v) is 8.33. The van der Waals surface area contributed by atoms with Crippen LogP contribution in [0.3, 0.4) is 0 Å². The minimum Gasteiger partial charge on any atom is -0.464 e. The molecule has 0 saturated heterocycles. The summed E-state index contributed by atoms with van der Waals surface area (Å²) in [4.78, 5) is 11.1. The van der Waals surface area contributed by atoms with Crippen LogP contribution in [0.2, 0.25) is 0 Å². The topological polar surface area (TPSA) is 97.5 Å². The molecule has 0 aliphatic rings. The number of nitrogens with zero attached hydrogens (tertiary/aromatic N) is 3. The maximum atomic E-state index is 11.1. The van der Waals surface area contributed by atoms with E-state index in [0.717, 1.165) is 0 Å². The molecule has 1 heterocycles. The second kappa shape index (κ2) is 5.42. The number of aliphatic hydroxyl groups excluding tert-OH is 2. The predicted octanol–water partition coefficient (Wildman–Crippen LogP) is -1.13. The van der Waals surface area contributed by atoms with Crippen LogP contribution in [0.25, 0.3) is 0 Å². The molecule has 0 aliphatic carbocycles. The van der Waals surface area contributed by atoms with Gasteiger partial charge in [-0.05, 0) is 6.92 Å². The Morgan fingerprint density at radius 3 is 3.07 bits per heavy atom. The van der Waals surface area contributed by atoms with Crippen molar-refractivity contribution in [3.63, 3.8) is 0 Å². The normalized spacial score (nSPS) is 12.5. The average molecular weight is 215 g/mol. The molecule has 1 atom stereocenters. The van der Waals surface area contributed by atoms with Gasteiger partial charge in [-0.15, -0.1) is 5.10 Å². The minimum absolute atomic E-state index is 0.0850. The summed E-state index contributed by atoms with van der Waals surface area (Å²) in [5.41, 5.74) is 0.113. The Bertz CT molecular complexity index is 325. The van der Waals surface area contributed by atoms with Gasteiger partial charge < -0.3 is 14.9 Å². The number of aromatic nitrogens is 3. The van der Waals surface area contributed by atoms with Crippen molar-refractivity contribution in [3.05, 3.63) is 11.9 Å². The third-order valence-corrected chi connectivity index (χ3v) is 1.68. The van der Waals surface area contributed by atoms with E-state index >= 15 is 0 Å². The molecule has 0 amide bonds. The first-order valence-electron chi connectivity index (χ1n) is 4.54. The average Bonchev–Trinajstić information content (AvgIpc) is 2.66. The van der Waals surface area contributed by atoms with Crippen molar-refractivity contribution < 1.29 is 19.7 Å². The van der Waals surface area contributed by atoms with Gasteiger partial charge in [0.2, 0.25) is 0 Å². The van der Waals surface area contributed by atoms with Crippen LogP contribution in [0.5, 0.6) is 0 Å². The molecule has 0 aromatic carbocycles. The number of rotatable bonds is 5. The molecule has 1 aromatic rings. The highest BCUT2D eigenvalue weighted by atomic mass is 16.5. The first-order chi connectivity index (χ1) is 7.19. The summed E-state index contributed by atoms with van der Waals surface area (Å²) < 4.78 is 5.94. The molecule has 1 unspecified atom stereocenters. The zero-order chi connectivity index (χ0) is 11.3. The highest BCUT2D eigenvalue weighted by Crippen LogP contribution is 2.10. The standard InChI is InChI=1S/C8H13N3O4/c1-2-15-8(14)7(13)6-5-11(3-4-12)10-9-6/h5,7,12-13H,2-4H2,1H3. The van der Waals surface area contributed by atoms with Gasteiger partial charge in [0.25, 0.3) is 0 Å².